The van der Waals surface area contributed by atoms with Crippen molar-refractivity contribution in [1.29, 1.82) is 0 Å². The van der Waals surface area contributed by atoms with Gasteiger partial charge in [-0.3, -0.25) is 0 Å². The minimum absolute atomic E-state index is 0.168. The second-order valence-electron chi connectivity index (χ2n) is 8.63. The smallest absolute Gasteiger partial charge is 0.404 e. The van der Waals surface area contributed by atoms with E-state index in [1.807, 2.05) is 32.9 Å². The van der Waals surface area contributed by atoms with Crippen molar-refractivity contribution >= 4 is 34.2 Å². The zero-order chi connectivity index (χ0) is 24.3. The number of carboxylic acid groups (broad SMARTS) is 1. The predicted octanol–water partition coefficient (Wildman–Crippen LogP) is 6.33. The molecule has 0 saturated carbocycles. The summed E-state index contributed by atoms with van der Waals surface area (Å²) in [7, 11) is 0. The number of anilines is 1. The fourth-order valence-electron chi connectivity index (χ4n) is 3.83. The number of thiazole rings is 1. The number of amides is 1. The van der Waals surface area contributed by atoms with E-state index in [2.05, 4.69) is 15.6 Å². The molecule has 3 rings (SSSR count). The Morgan fingerprint density at radius 3 is 2.39 bits per heavy atom. The number of hydrogen-bond donors (Lipinski definition) is 4. The van der Waals surface area contributed by atoms with Crippen LogP contribution in [0.3, 0.4) is 0 Å². The molecule has 0 saturated heterocycles. The fourth-order valence-corrected chi connectivity index (χ4v) is 4.82. The molecule has 0 aliphatic heterocycles. The topological polar surface area (TPSA) is 94.5 Å². The first kappa shape index (κ1) is 24.7. The molecule has 1 aromatic heterocycles. The standard InChI is InChI=1S/C23H24ClF2N3O3S/c1-23(2,3)18(12-4-7-14(24)8-5-12)17(28-22(31)32)11-27-21-29-20(30)19(33-21)13-6-9-15(25)16(26)10-13/h4-10,17-18,28,30H,11H2,1-3H3,(H,27,29)(H,31,32). The lowest BCUT2D eigenvalue weighted by atomic mass is 9.72. The first-order valence-electron chi connectivity index (χ1n) is 10.1. The molecule has 0 aliphatic carbocycles. The average molecular weight is 496 g/mol. The van der Waals surface area contributed by atoms with Gasteiger partial charge in [-0.05, 0) is 35.2 Å². The van der Waals surface area contributed by atoms with Gasteiger partial charge in [-0.2, -0.15) is 4.98 Å². The molecule has 4 N–H and O–H groups in total. The van der Waals surface area contributed by atoms with E-state index in [4.69, 9.17) is 11.6 Å². The van der Waals surface area contributed by atoms with Crippen molar-refractivity contribution in [3.05, 3.63) is 64.7 Å². The Bertz CT molecular complexity index is 1130. The maximum atomic E-state index is 13.6. The molecule has 0 aliphatic rings. The number of rotatable bonds is 7. The molecule has 3 aromatic rings. The van der Waals surface area contributed by atoms with Crippen LogP contribution in [0.5, 0.6) is 5.88 Å². The van der Waals surface area contributed by atoms with Gasteiger partial charge in [0.2, 0.25) is 5.88 Å². The summed E-state index contributed by atoms with van der Waals surface area (Å²) >= 11 is 7.08. The first-order chi connectivity index (χ1) is 15.5. The molecule has 1 amide bonds. The summed E-state index contributed by atoms with van der Waals surface area (Å²) in [4.78, 5) is 15.9. The van der Waals surface area contributed by atoms with E-state index < -0.39 is 23.8 Å². The lowest BCUT2D eigenvalue weighted by Crippen LogP contribution is -2.47. The van der Waals surface area contributed by atoms with E-state index in [-0.39, 0.29) is 34.2 Å². The van der Waals surface area contributed by atoms with Gasteiger partial charge in [0, 0.05) is 23.0 Å². The molecule has 0 radical (unpaired) electrons. The third-order valence-electron chi connectivity index (χ3n) is 5.14. The molecule has 2 atom stereocenters. The van der Waals surface area contributed by atoms with Gasteiger partial charge in [0.15, 0.2) is 16.8 Å². The molecule has 0 bridgehead atoms. The summed E-state index contributed by atoms with van der Waals surface area (Å²) in [6, 6.07) is 10.0. The highest BCUT2D eigenvalue weighted by Gasteiger charge is 2.35. The van der Waals surface area contributed by atoms with Crippen LogP contribution in [0, 0.1) is 17.0 Å². The van der Waals surface area contributed by atoms with Gasteiger partial charge >= 0.3 is 6.09 Å². The number of benzene rings is 2. The second kappa shape index (κ2) is 9.93. The van der Waals surface area contributed by atoms with E-state index in [1.54, 1.807) is 12.1 Å². The Morgan fingerprint density at radius 2 is 1.82 bits per heavy atom. The van der Waals surface area contributed by atoms with Crippen LogP contribution in [0.1, 0.15) is 32.3 Å². The van der Waals surface area contributed by atoms with Gasteiger partial charge in [0.25, 0.3) is 0 Å². The molecule has 6 nitrogen and oxygen atoms in total. The van der Waals surface area contributed by atoms with Crippen molar-refractivity contribution in [3.63, 3.8) is 0 Å². The van der Waals surface area contributed by atoms with Crippen molar-refractivity contribution in [2.45, 2.75) is 32.7 Å². The minimum Gasteiger partial charge on any atom is -0.492 e. The largest absolute Gasteiger partial charge is 0.492 e. The zero-order valence-electron chi connectivity index (χ0n) is 18.2. The van der Waals surface area contributed by atoms with Gasteiger partial charge < -0.3 is 20.8 Å². The Labute approximate surface area is 199 Å². The van der Waals surface area contributed by atoms with Crippen LogP contribution in [0.2, 0.25) is 5.02 Å². The molecule has 176 valence electrons. The Balaban J connectivity index is 1.87. The van der Waals surface area contributed by atoms with Gasteiger partial charge in [0.1, 0.15) is 0 Å². The molecular weight excluding hydrogens is 472 g/mol. The van der Waals surface area contributed by atoms with Crippen LogP contribution in [0.4, 0.5) is 18.7 Å². The highest BCUT2D eigenvalue weighted by atomic mass is 35.5. The fraction of sp³-hybridized carbons (Fsp3) is 0.304. The number of hydrogen-bond acceptors (Lipinski definition) is 5. The number of nitrogens with zero attached hydrogens (tertiary/aromatic N) is 1. The van der Waals surface area contributed by atoms with Crippen LogP contribution < -0.4 is 10.6 Å². The highest BCUT2D eigenvalue weighted by Crippen LogP contribution is 2.40. The van der Waals surface area contributed by atoms with E-state index in [1.165, 1.54) is 6.07 Å². The van der Waals surface area contributed by atoms with Crippen molar-refractivity contribution in [2.75, 3.05) is 11.9 Å². The van der Waals surface area contributed by atoms with Crippen LogP contribution in [-0.4, -0.2) is 33.9 Å². The predicted molar refractivity (Wildman–Crippen MR) is 126 cm³/mol. The lowest BCUT2D eigenvalue weighted by molar-refractivity contribution is 0.179. The minimum atomic E-state index is -1.17. The maximum absolute atomic E-state index is 13.6. The molecule has 10 heteroatoms. The van der Waals surface area contributed by atoms with E-state index in [0.29, 0.717) is 10.2 Å². The number of aromatic hydroxyl groups is 1. The molecule has 0 spiro atoms. The summed E-state index contributed by atoms with van der Waals surface area (Å²) in [5, 5.41) is 26.2. The van der Waals surface area contributed by atoms with Crippen molar-refractivity contribution in [1.82, 2.24) is 10.3 Å². The van der Waals surface area contributed by atoms with Crippen LogP contribution in [0.15, 0.2) is 42.5 Å². The number of halogens is 3. The number of carbonyl (C=O) groups is 1. The lowest BCUT2D eigenvalue weighted by Gasteiger charge is -2.37. The van der Waals surface area contributed by atoms with Crippen LogP contribution >= 0.6 is 22.9 Å². The molecule has 2 unspecified atom stereocenters. The highest BCUT2D eigenvalue weighted by molar-refractivity contribution is 7.19. The number of aromatic nitrogens is 1. The summed E-state index contributed by atoms with van der Waals surface area (Å²) < 4.78 is 26.8. The molecular formula is C23H24ClF2N3O3S. The van der Waals surface area contributed by atoms with Crippen molar-refractivity contribution in [2.24, 2.45) is 5.41 Å². The number of nitrogens with one attached hydrogen (secondary N) is 2. The maximum Gasteiger partial charge on any atom is 0.404 e. The zero-order valence-corrected chi connectivity index (χ0v) is 19.8. The summed E-state index contributed by atoms with van der Waals surface area (Å²) in [5.74, 6) is -2.57. The molecule has 33 heavy (non-hydrogen) atoms. The van der Waals surface area contributed by atoms with Crippen molar-refractivity contribution < 1.29 is 23.8 Å². The van der Waals surface area contributed by atoms with Crippen LogP contribution in [0.25, 0.3) is 10.4 Å². The Morgan fingerprint density at radius 1 is 1.15 bits per heavy atom. The third kappa shape index (κ3) is 6.11. The second-order valence-corrected chi connectivity index (χ2v) is 10.1. The van der Waals surface area contributed by atoms with Gasteiger partial charge in [-0.1, -0.05) is 61.9 Å². The molecule has 0 fully saturated rings. The summed E-state index contributed by atoms with van der Waals surface area (Å²) in [5.41, 5.74) is 0.882. The Hall–Kier alpha value is -2.91. The third-order valence-corrected chi connectivity index (χ3v) is 6.44. The van der Waals surface area contributed by atoms with E-state index in [0.717, 1.165) is 29.0 Å². The van der Waals surface area contributed by atoms with Gasteiger partial charge in [-0.25, -0.2) is 13.6 Å². The van der Waals surface area contributed by atoms with E-state index in [9.17, 15) is 23.8 Å². The van der Waals surface area contributed by atoms with Gasteiger partial charge in [-0.15, -0.1) is 0 Å². The normalized spacial score (nSPS) is 13.4. The van der Waals surface area contributed by atoms with Gasteiger partial charge in [0.05, 0.1) is 10.9 Å². The molecule has 1 heterocycles. The molecule has 2 aromatic carbocycles. The first-order valence-corrected chi connectivity index (χ1v) is 11.3. The Kier molecular flexibility index (Phi) is 7.44. The van der Waals surface area contributed by atoms with E-state index >= 15 is 0 Å². The summed E-state index contributed by atoms with van der Waals surface area (Å²) in [6.45, 7) is 6.21. The SMILES string of the molecule is CC(C)(C)C(c1ccc(Cl)cc1)C(CNc1nc(O)c(-c2ccc(F)c(F)c2)s1)NC(=O)O. The van der Waals surface area contributed by atoms with Crippen LogP contribution in [-0.2, 0) is 0 Å². The van der Waals surface area contributed by atoms with Crippen molar-refractivity contribution in [3.8, 4) is 16.3 Å². The summed E-state index contributed by atoms with van der Waals surface area (Å²) in [6.07, 6.45) is -1.17. The quantitative estimate of drug-likeness (QED) is 0.307. The monoisotopic (exact) mass is 495 g/mol. The average Bonchev–Trinajstić information content (AvgIpc) is 3.09.